The molecule has 1 aliphatic rings. The molecule has 4 unspecified atom stereocenters. The van der Waals surface area contributed by atoms with Crippen LogP contribution in [0.2, 0.25) is 0 Å². The predicted octanol–water partition coefficient (Wildman–Crippen LogP) is 1.94. The molecule has 0 aromatic heterocycles. The maximum Gasteiger partial charge on any atom is 0.335 e. The molecule has 0 saturated heterocycles. The van der Waals surface area contributed by atoms with Gasteiger partial charge < -0.3 is 24.6 Å². The summed E-state index contributed by atoms with van der Waals surface area (Å²) in [6, 6.07) is 7.65. The van der Waals surface area contributed by atoms with E-state index in [1.807, 2.05) is 43.3 Å². The van der Waals surface area contributed by atoms with E-state index >= 15 is 0 Å². The zero-order valence-electron chi connectivity index (χ0n) is 16.1. The number of nitrogens with zero attached hydrogens (tertiary/aromatic N) is 1. The van der Waals surface area contributed by atoms with Crippen molar-refractivity contribution >= 4 is 5.97 Å². The van der Waals surface area contributed by atoms with Crippen LogP contribution in [-0.2, 0) is 9.53 Å². The van der Waals surface area contributed by atoms with Crippen LogP contribution in [0.5, 0.6) is 5.75 Å². The smallest absolute Gasteiger partial charge is 0.335 e. The average molecular weight is 365 g/mol. The Morgan fingerprint density at radius 3 is 2.50 bits per heavy atom. The van der Waals surface area contributed by atoms with Crippen molar-refractivity contribution in [1.29, 1.82) is 0 Å². The van der Waals surface area contributed by atoms with E-state index in [1.165, 1.54) is 6.92 Å². The molecule has 4 atom stereocenters. The third-order valence-electron chi connectivity index (χ3n) is 5.12. The fourth-order valence-corrected chi connectivity index (χ4v) is 3.70. The van der Waals surface area contributed by atoms with Crippen molar-refractivity contribution in [1.82, 2.24) is 4.90 Å². The van der Waals surface area contributed by atoms with Crippen molar-refractivity contribution in [2.75, 3.05) is 27.7 Å². The number of benzene rings is 1. The van der Waals surface area contributed by atoms with Crippen molar-refractivity contribution in [2.45, 2.75) is 56.3 Å². The quantitative estimate of drug-likeness (QED) is 0.719. The first-order chi connectivity index (χ1) is 12.3. The number of aliphatic hydroxyl groups is 2. The summed E-state index contributed by atoms with van der Waals surface area (Å²) in [7, 11) is 5.53. The third-order valence-corrected chi connectivity index (χ3v) is 5.12. The normalized spacial score (nSPS) is 25.6. The van der Waals surface area contributed by atoms with Gasteiger partial charge in [0.1, 0.15) is 23.6 Å². The number of aliphatic hydroxyl groups excluding tert-OH is 1. The highest BCUT2D eigenvalue weighted by Gasteiger charge is 2.48. The van der Waals surface area contributed by atoms with Crippen molar-refractivity contribution in [3.8, 4) is 5.75 Å². The third kappa shape index (κ3) is 4.75. The fourth-order valence-electron chi connectivity index (χ4n) is 3.70. The first-order valence-corrected chi connectivity index (χ1v) is 9.17. The van der Waals surface area contributed by atoms with E-state index in [4.69, 9.17) is 9.47 Å². The predicted molar refractivity (Wildman–Crippen MR) is 99.3 cm³/mol. The van der Waals surface area contributed by atoms with Gasteiger partial charge in [0.15, 0.2) is 0 Å². The lowest BCUT2D eigenvalue weighted by molar-refractivity contribution is -0.184. The van der Waals surface area contributed by atoms with Gasteiger partial charge in [0.05, 0.1) is 7.11 Å². The number of likely N-dealkylation sites (N-methyl/N-ethyl adjacent to an activating group) is 1. The largest absolute Gasteiger partial charge is 0.497 e. The van der Waals surface area contributed by atoms with Gasteiger partial charge >= 0.3 is 5.97 Å². The molecule has 6 heteroatoms. The lowest BCUT2D eigenvalue weighted by atomic mass is 9.70. The van der Waals surface area contributed by atoms with E-state index in [1.54, 1.807) is 7.11 Å². The summed E-state index contributed by atoms with van der Waals surface area (Å²) in [5.41, 5.74) is -0.205. The highest BCUT2D eigenvalue weighted by atomic mass is 16.6. The zero-order chi connectivity index (χ0) is 19.3. The fraction of sp³-hybridized carbons (Fsp3) is 0.650. The number of hydrogen-bond acceptors (Lipinski definition) is 6. The second-order valence-corrected chi connectivity index (χ2v) is 7.43. The molecule has 1 fully saturated rings. The first kappa shape index (κ1) is 20.7. The molecule has 0 bridgehead atoms. The molecule has 1 saturated carbocycles. The number of carbonyl (C=O) groups excluding carboxylic acids is 1. The number of carbonyl (C=O) groups is 1. The van der Waals surface area contributed by atoms with Crippen LogP contribution >= 0.6 is 0 Å². The summed E-state index contributed by atoms with van der Waals surface area (Å²) in [6.45, 7) is 2.00. The number of esters is 1. The van der Waals surface area contributed by atoms with Gasteiger partial charge in [-0.1, -0.05) is 18.6 Å². The van der Waals surface area contributed by atoms with Crippen molar-refractivity contribution in [2.24, 2.45) is 0 Å². The molecule has 0 spiro atoms. The molecule has 26 heavy (non-hydrogen) atoms. The zero-order valence-corrected chi connectivity index (χ0v) is 16.1. The Balaban J connectivity index is 2.36. The summed E-state index contributed by atoms with van der Waals surface area (Å²) < 4.78 is 10.7. The topological polar surface area (TPSA) is 79.2 Å². The lowest BCUT2D eigenvalue weighted by Crippen LogP contribution is -2.54. The van der Waals surface area contributed by atoms with Crippen LogP contribution < -0.4 is 4.74 Å². The van der Waals surface area contributed by atoms with Gasteiger partial charge in [-0.05, 0) is 58.0 Å². The van der Waals surface area contributed by atoms with Crippen LogP contribution in [0, 0.1) is 0 Å². The second-order valence-electron chi connectivity index (χ2n) is 7.43. The van der Waals surface area contributed by atoms with E-state index in [0.717, 1.165) is 24.2 Å². The molecule has 6 nitrogen and oxygen atoms in total. The van der Waals surface area contributed by atoms with E-state index in [-0.39, 0.29) is 5.92 Å². The minimum absolute atomic E-state index is 0.226. The van der Waals surface area contributed by atoms with Gasteiger partial charge in [0.25, 0.3) is 0 Å². The first-order valence-electron chi connectivity index (χ1n) is 9.17. The Bertz CT molecular complexity index is 586. The molecule has 0 radical (unpaired) electrons. The maximum atomic E-state index is 12.0. The molecular weight excluding hydrogens is 334 g/mol. The van der Waals surface area contributed by atoms with Gasteiger partial charge in [0, 0.05) is 12.5 Å². The van der Waals surface area contributed by atoms with Gasteiger partial charge in [-0.3, -0.25) is 0 Å². The van der Waals surface area contributed by atoms with E-state index in [9.17, 15) is 15.0 Å². The van der Waals surface area contributed by atoms with Crippen LogP contribution in [0.4, 0.5) is 0 Å². The van der Waals surface area contributed by atoms with Crippen LogP contribution in [0.1, 0.15) is 44.1 Å². The molecule has 1 aromatic carbocycles. The second kappa shape index (κ2) is 8.84. The Kier molecular flexibility index (Phi) is 7.03. The van der Waals surface area contributed by atoms with Gasteiger partial charge in [-0.2, -0.15) is 0 Å². The van der Waals surface area contributed by atoms with E-state index < -0.39 is 23.8 Å². The maximum absolute atomic E-state index is 12.0. The molecule has 1 aliphatic carbocycles. The van der Waals surface area contributed by atoms with Crippen LogP contribution in [0.15, 0.2) is 24.3 Å². The number of hydrogen-bond donors (Lipinski definition) is 2. The van der Waals surface area contributed by atoms with Crippen LogP contribution in [0.25, 0.3) is 0 Å². The van der Waals surface area contributed by atoms with Gasteiger partial charge in [-0.15, -0.1) is 0 Å². The summed E-state index contributed by atoms with van der Waals surface area (Å²) in [5, 5.41) is 21.1. The molecule has 0 aliphatic heterocycles. The van der Waals surface area contributed by atoms with E-state index in [2.05, 4.69) is 0 Å². The molecule has 0 amide bonds. The van der Waals surface area contributed by atoms with Crippen LogP contribution in [-0.4, -0.2) is 66.6 Å². The Morgan fingerprint density at radius 2 is 1.96 bits per heavy atom. The molecule has 146 valence electrons. The van der Waals surface area contributed by atoms with E-state index in [0.29, 0.717) is 19.4 Å². The highest BCUT2D eigenvalue weighted by molar-refractivity contribution is 5.74. The average Bonchev–Trinajstić information content (AvgIpc) is 2.61. The summed E-state index contributed by atoms with van der Waals surface area (Å²) >= 11 is 0. The van der Waals surface area contributed by atoms with Gasteiger partial charge in [0.2, 0.25) is 0 Å². The minimum atomic E-state index is -1.20. The lowest BCUT2D eigenvalue weighted by Gasteiger charge is -2.45. The Morgan fingerprint density at radius 1 is 1.31 bits per heavy atom. The summed E-state index contributed by atoms with van der Waals surface area (Å²) in [6.07, 6.45) is 1.07. The molecular formula is C20H31NO5. The number of methoxy groups -OCH3 is 1. The van der Waals surface area contributed by atoms with Crippen molar-refractivity contribution < 1.29 is 24.5 Å². The van der Waals surface area contributed by atoms with Crippen molar-refractivity contribution in [3.63, 3.8) is 0 Å². The van der Waals surface area contributed by atoms with Crippen molar-refractivity contribution in [3.05, 3.63) is 29.8 Å². The monoisotopic (exact) mass is 365 g/mol. The summed E-state index contributed by atoms with van der Waals surface area (Å²) in [5.74, 6) is -0.158. The van der Waals surface area contributed by atoms with Crippen LogP contribution in [0.3, 0.4) is 0 Å². The Hall–Kier alpha value is -1.63. The SMILES string of the molecule is COc1ccc(C(CN(C)C)C2(O)CCCCC2OC(=O)C(C)O)cc1. The van der Waals surface area contributed by atoms with Gasteiger partial charge in [-0.25, -0.2) is 4.79 Å². The molecule has 1 aromatic rings. The molecule has 2 N–H and O–H groups in total. The number of ether oxygens (including phenoxy) is 2. The Labute approximate surface area is 155 Å². The minimum Gasteiger partial charge on any atom is -0.497 e. The standard InChI is InChI=1S/C20H31NO5/c1-14(22)19(23)26-18-7-5-6-12-20(18,24)17(13-21(2)3)15-8-10-16(25-4)11-9-15/h8-11,14,17-18,22,24H,5-7,12-13H2,1-4H3. The highest BCUT2D eigenvalue weighted by Crippen LogP contribution is 2.42. The molecule has 2 rings (SSSR count). The summed E-state index contributed by atoms with van der Waals surface area (Å²) in [4.78, 5) is 14.0. The number of rotatable bonds is 7. The molecule has 0 heterocycles.